The van der Waals surface area contributed by atoms with Gasteiger partial charge in [0.05, 0.1) is 0 Å². The first-order valence-corrected chi connectivity index (χ1v) is 9.93. The lowest BCUT2D eigenvalue weighted by atomic mass is 10.1. The van der Waals surface area contributed by atoms with Crippen LogP contribution in [0.4, 0.5) is 9.18 Å². The lowest BCUT2D eigenvalue weighted by molar-refractivity contribution is 0.0599. The highest BCUT2D eigenvalue weighted by atomic mass is 19.1. The molecule has 160 valence electrons. The summed E-state index contributed by atoms with van der Waals surface area (Å²) < 4.78 is 13.3. The first kappa shape index (κ1) is 21.7. The minimum atomic E-state index is -0.540. The first-order valence-electron chi connectivity index (χ1n) is 9.93. The Balaban J connectivity index is 1.55. The minimum Gasteiger partial charge on any atom is -0.334 e. The molecule has 1 saturated heterocycles. The van der Waals surface area contributed by atoms with Crippen LogP contribution < -0.4 is 10.8 Å². The minimum absolute atomic E-state index is 0.0145. The number of carbonyl (C=O) groups excluding carboxylic acids is 2. The number of benzene rings is 2. The van der Waals surface area contributed by atoms with Gasteiger partial charge in [-0.15, -0.1) is 0 Å². The van der Waals surface area contributed by atoms with Crippen LogP contribution in [-0.2, 0) is 13.1 Å². The zero-order valence-electron chi connectivity index (χ0n) is 17.1. The fourth-order valence-corrected chi connectivity index (χ4v) is 3.96. The molecular formula is C22H27FN4O3. The van der Waals surface area contributed by atoms with Crippen molar-refractivity contribution in [1.82, 2.24) is 20.6 Å². The van der Waals surface area contributed by atoms with Crippen molar-refractivity contribution in [2.45, 2.75) is 39.0 Å². The topological polar surface area (TPSA) is 84.9 Å². The van der Waals surface area contributed by atoms with Crippen LogP contribution in [0.3, 0.4) is 0 Å². The molecule has 3 rings (SSSR count). The predicted octanol–water partition coefficient (Wildman–Crippen LogP) is 2.75. The second-order valence-electron chi connectivity index (χ2n) is 7.73. The molecule has 0 aromatic heterocycles. The van der Waals surface area contributed by atoms with Crippen LogP contribution in [-0.4, -0.2) is 52.1 Å². The monoisotopic (exact) mass is 414 g/mol. The second kappa shape index (κ2) is 9.69. The van der Waals surface area contributed by atoms with E-state index in [-0.39, 0.29) is 30.5 Å². The van der Waals surface area contributed by atoms with Gasteiger partial charge >= 0.3 is 6.03 Å². The van der Waals surface area contributed by atoms with Crippen molar-refractivity contribution in [3.8, 4) is 0 Å². The Morgan fingerprint density at radius 1 is 1.07 bits per heavy atom. The number of nitrogens with one attached hydrogen (secondary N) is 2. The highest BCUT2D eigenvalue weighted by molar-refractivity contribution is 5.93. The summed E-state index contributed by atoms with van der Waals surface area (Å²) in [5.41, 5.74) is 3.78. The van der Waals surface area contributed by atoms with Crippen LogP contribution >= 0.6 is 0 Å². The van der Waals surface area contributed by atoms with Gasteiger partial charge in [-0.3, -0.25) is 14.9 Å². The summed E-state index contributed by atoms with van der Waals surface area (Å²) in [7, 11) is 0. The standard InChI is InChI=1S/C22H27FN4O3/c1-15-12-26(14-17-6-8-19(9-7-17)21(28)25-30)13-16(2)27(15)22(29)24-11-18-4-3-5-20(23)10-18/h3-10,15-16,30H,11-14H2,1-2H3,(H,24,29)(H,25,28). The summed E-state index contributed by atoms with van der Waals surface area (Å²) in [5, 5.41) is 11.6. The molecule has 30 heavy (non-hydrogen) atoms. The van der Waals surface area contributed by atoms with Gasteiger partial charge in [-0.05, 0) is 49.2 Å². The van der Waals surface area contributed by atoms with Gasteiger partial charge in [-0.2, -0.15) is 0 Å². The van der Waals surface area contributed by atoms with Crippen molar-refractivity contribution in [1.29, 1.82) is 0 Å². The molecule has 3 N–H and O–H groups in total. The van der Waals surface area contributed by atoms with E-state index in [0.29, 0.717) is 12.1 Å². The first-order chi connectivity index (χ1) is 14.4. The van der Waals surface area contributed by atoms with Crippen LogP contribution in [0.15, 0.2) is 48.5 Å². The number of amides is 3. The number of hydrogen-bond acceptors (Lipinski definition) is 4. The van der Waals surface area contributed by atoms with E-state index in [2.05, 4.69) is 10.2 Å². The number of halogens is 1. The molecule has 3 amide bonds. The molecule has 1 aliphatic rings. The van der Waals surface area contributed by atoms with E-state index >= 15 is 0 Å². The Bertz CT molecular complexity index is 878. The molecule has 2 atom stereocenters. The Labute approximate surface area is 175 Å². The number of hydroxylamine groups is 1. The maximum Gasteiger partial charge on any atom is 0.318 e. The van der Waals surface area contributed by atoms with Gasteiger partial charge in [-0.1, -0.05) is 24.3 Å². The SMILES string of the molecule is CC1CN(Cc2ccc(C(=O)NO)cc2)CC(C)N1C(=O)NCc1cccc(F)c1. The van der Waals surface area contributed by atoms with Gasteiger partial charge in [-0.25, -0.2) is 14.7 Å². The molecule has 1 heterocycles. The Morgan fingerprint density at radius 3 is 2.33 bits per heavy atom. The third-order valence-electron chi connectivity index (χ3n) is 5.29. The molecule has 1 aliphatic heterocycles. The fraction of sp³-hybridized carbons (Fsp3) is 0.364. The highest BCUT2D eigenvalue weighted by Crippen LogP contribution is 2.19. The normalized spacial score (nSPS) is 19.4. The van der Waals surface area contributed by atoms with Gasteiger partial charge in [0.15, 0.2) is 0 Å². The average molecular weight is 414 g/mol. The molecule has 2 aromatic rings. The van der Waals surface area contributed by atoms with E-state index in [0.717, 1.165) is 24.2 Å². The summed E-state index contributed by atoms with van der Waals surface area (Å²) in [6.45, 7) is 6.45. The van der Waals surface area contributed by atoms with Crippen molar-refractivity contribution in [2.24, 2.45) is 0 Å². The van der Waals surface area contributed by atoms with Crippen LogP contribution in [0, 0.1) is 5.82 Å². The highest BCUT2D eigenvalue weighted by Gasteiger charge is 2.32. The average Bonchev–Trinajstić information content (AvgIpc) is 2.72. The number of piperazine rings is 1. The van der Waals surface area contributed by atoms with Gasteiger partial charge < -0.3 is 10.2 Å². The molecular weight excluding hydrogens is 387 g/mol. The van der Waals surface area contributed by atoms with E-state index in [1.54, 1.807) is 29.7 Å². The second-order valence-corrected chi connectivity index (χ2v) is 7.73. The Morgan fingerprint density at radius 2 is 1.73 bits per heavy atom. The zero-order chi connectivity index (χ0) is 21.7. The smallest absolute Gasteiger partial charge is 0.318 e. The molecule has 2 aromatic carbocycles. The summed E-state index contributed by atoms with van der Waals surface area (Å²) in [6, 6.07) is 13.1. The predicted molar refractivity (Wildman–Crippen MR) is 110 cm³/mol. The molecule has 0 spiro atoms. The zero-order valence-corrected chi connectivity index (χ0v) is 17.1. The van der Waals surface area contributed by atoms with Crippen molar-refractivity contribution in [3.05, 3.63) is 71.0 Å². The molecule has 1 fully saturated rings. The fourth-order valence-electron chi connectivity index (χ4n) is 3.96. The maximum atomic E-state index is 13.3. The number of urea groups is 1. The lowest BCUT2D eigenvalue weighted by Crippen LogP contribution is -2.60. The number of nitrogens with zero attached hydrogens (tertiary/aromatic N) is 2. The van der Waals surface area contributed by atoms with Crippen LogP contribution in [0.25, 0.3) is 0 Å². The molecule has 8 heteroatoms. The van der Waals surface area contributed by atoms with Crippen molar-refractivity contribution in [3.63, 3.8) is 0 Å². The third-order valence-corrected chi connectivity index (χ3v) is 5.29. The molecule has 0 saturated carbocycles. The number of rotatable bonds is 5. The number of carbonyl (C=O) groups is 2. The van der Waals surface area contributed by atoms with Crippen molar-refractivity contribution < 1.29 is 19.2 Å². The third kappa shape index (κ3) is 5.34. The summed E-state index contributed by atoms with van der Waals surface area (Å²) >= 11 is 0. The Hall–Kier alpha value is -2.97. The van der Waals surface area contributed by atoms with Gasteiger partial charge in [0, 0.05) is 43.8 Å². The molecule has 2 unspecified atom stereocenters. The van der Waals surface area contributed by atoms with Gasteiger partial charge in [0.2, 0.25) is 0 Å². The van der Waals surface area contributed by atoms with Crippen molar-refractivity contribution >= 4 is 11.9 Å². The van der Waals surface area contributed by atoms with Crippen LogP contribution in [0.5, 0.6) is 0 Å². The molecule has 0 aliphatic carbocycles. The van der Waals surface area contributed by atoms with E-state index < -0.39 is 5.91 Å². The van der Waals surface area contributed by atoms with E-state index in [4.69, 9.17) is 5.21 Å². The number of hydrogen-bond donors (Lipinski definition) is 3. The molecule has 0 bridgehead atoms. The van der Waals surface area contributed by atoms with Crippen LogP contribution in [0.2, 0.25) is 0 Å². The summed E-state index contributed by atoms with van der Waals surface area (Å²) in [6.07, 6.45) is 0. The van der Waals surface area contributed by atoms with Crippen LogP contribution in [0.1, 0.15) is 35.3 Å². The largest absolute Gasteiger partial charge is 0.334 e. The lowest BCUT2D eigenvalue weighted by Gasteiger charge is -2.44. The van der Waals surface area contributed by atoms with E-state index in [1.807, 2.05) is 30.9 Å². The maximum absolute atomic E-state index is 13.3. The van der Waals surface area contributed by atoms with Crippen molar-refractivity contribution in [2.75, 3.05) is 13.1 Å². The van der Waals surface area contributed by atoms with E-state index in [9.17, 15) is 14.0 Å². The molecule has 0 radical (unpaired) electrons. The quantitative estimate of drug-likeness (QED) is 0.519. The summed E-state index contributed by atoms with van der Waals surface area (Å²) in [5.74, 6) is -0.858. The van der Waals surface area contributed by atoms with Gasteiger partial charge in [0.1, 0.15) is 5.82 Å². The molecule has 7 nitrogen and oxygen atoms in total. The van der Waals surface area contributed by atoms with E-state index in [1.165, 1.54) is 12.1 Å². The Kier molecular flexibility index (Phi) is 7.02. The van der Waals surface area contributed by atoms with Gasteiger partial charge in [0.25, 0.3) is 5.91 Å². The summed E-state index contributed by atoms with van der Waals surface area (Å²) in [4.78, 5) is 28.3.